The molecule has 0 fully saturated rings. The molecule has 2 N–H and O–H groups in total. The Hall–Kier alpha value is -1.42. The van der Waals surface area contributed by atoms with Gasteiger partial charge < -0.3 is 10.6 Å². The van der Waals surface area contributed by atoms with Crippen LogP contribution in [0.5, 0.6) is 0 Å². The zero-order chi connectivity index (χ0) is 12.0. The van der Waals surface area contributed by atoms with Gasteiger partial charge in [0, 0.05) is 18.2 Å². The highest BCUT2D eigenvalue weighted by molar-refractivity contribution is 5.78. The molecule has 1 aromatic carbocycles. The van der Waals surface area contributed by atoms with Crippen LogP contribution in [0.4, 0.5) is 4.39 Å². The van der Waals surface area contributed by atoms with Crippen LogP contribution >= 0.6 is 0 Å². The highest BCUT2D eigenvalue weighted by Gasteiger charge is 2.04. The van der Waals surface area contributed by atoms with Crippen LogP contribution in [0.3, 0.4) is 0 Å². The minimum absolute atomic E-state index is 0.0775. The third-order valence-corrected chi connectivity index (χ3v) is 2.01. The Morgan fingerprint density at radius 2 is 2.06 bits per heavy atom. The molecule has 0 aromatic heterocycles. The summed E-state index contributed by atoms with van der Waals surface area (Å²) in [6.07, 6.45) is 0. The maximum absolute atomic E-state index is 13.2. The van der Waals surface area contributed by atoms with Gasteiger partial charge in [-0.15, -0.1) is 0 Å². The second-order valence-corrected chi connectivity index (χ2v) is 3.92. The normalized spacial score (nSPS) is 10.5. The van der Waals surface area contributed by atoms with E-state index < -0.39 is 0 Å². The van der Waals surface area contributed by atoms with Crippen LogP contribution in [0.25, 0.3) is 0 Å². The molecule has 0 bridgehead atoms. The number of hydrogen-bond donors (Lipinski definition) is 2. The summed E-state index contributed by atoms with van der Waals surface area (Å²) in [7, 11) is 0. The Balaban J connectivity index is 2.31. The van der Waals surface area contributed by atoms with Crippen LogP contribution in [0.1, 0.15) is 19.4 Å². The van der Waals surface area contributed by atoms with Gasteiger partial charge in [0.25, 0.3) is 0 Å². The Bertz CT molecular complexity index is 353. The van der Waals surface area contributed by atoms with E-state index in [4.69, 9.17) is 0 Å². The first-order valence-corrected chi connectivity index (χ1v) is 5.33. The molecule has 3 nitrogen and oxygen atoms in total. The quantitative estimate of drug-likeness (QED) is 0.794. The van der Waals surface area contributed by atoms with Crippen molar-refractivity contribution < 1.29 is 9.18 Å². The van der Waals surface area contributed by atoms with Crippen molar-refractivity contribution in [2.75, 3.05) is 6.54 Å². The standard InChI is InChI=1S/C12H17FN2O/c1-9(2)15-12(16)8-14-7-10-5-3-4-6-11(10)13/h3-6,9,14H,7-8H2,1-2H3,(H,15,16). The summed E-state index contributed by atoms with van der Waals surface area (Å²) in [4.78, 5) is 11.3. The minimum atomic E-state index is -0.251. The predicted octanol–water partition coefficient (Wildman–Crippen LogP) is 1.44. The lowest BCUT2D eigenvalue weighted by atomic mass is 10.2. The number of nitrogens with one attached hydrogen (secondary N) is 2. The fraction of sp³-hybridized carbons (Fsp3) is 0.417. The van der Waals surface area contributed by atoms with Gasteiger partial charge in [-0.3, -0.25) is 4.79 Å². The molecule has 0 saturated heterocycles. The smallest absolute Gasteiger partial charge is 0.234 e. The number of rotatable bonds is 5. The number of benzene rings is 1. The van der Waals surface area contributed by atoms with Crippen LogP contribution in [-0.4, -0.2) is 18.5 Å². The summed E-state index contributed by atoms with van der Waals surface area (Å²) in [5, 5.41) is 5.64. The van der Waals surface area contributed by atoms with E-state index in [0.29, 0.717) is 12.1 Å². The molecule has 16 heavy (non-hydrogen) atoms. The molecule has 4 heteroatoms. The molecular formula is C12H17FN2O. The van der Waals surface area contributed by atoms with Crippen molar-refractivity contribution in [2.24, 2.45) is 0 Å². The lowest BCUT2D eigenvalue weighted by Crippen LogP contribution is -2.37. The average Bonchev–Trinajstić information content (AvgIpc) is 2.19. The Morgan fingerprint density at radius 1 is 1.38 bits per heavy atom. The Kier molecular flexibility index (Phi) is 4.92. The van der Waals surface area contributed by atoms with Crippen molar-refractivity contribution in [1.29, 1.82) is 0 Å². The van der Waals surface area contributed by atoms with Gasteiger partial charge in [0.05, 0.1) is 6.54 Å². The van der Waals surface area contributed by atoms with Crippen LogP contribution in [0.15, 0.2) is 24.3 Å². The molecule has 0 aliphatic carbocycles. The minimum Gasteiger partial charge on any atom is -0.353 e. The zero-order valence-corrected chi connectivity index (χ0v) is 9.59. The summed E-state index contributed by atoms with van der Waals surface area (Å²) >= 11 is 0. The lowest BCUT2D eigenvalue weighted by Gasteiger charge is -2.09. The third-order valence-electron chi connectivity index (χ3n) is 2.01. The molecule has 0 atom stereocenters. The van der Waals surface area contributed by atoms with Crippen LogP contribution < -0.4 is 10.6 Å². The van der Waals surface area contributed by atoms with Crippen molar-refractivity contribution in [3.63, 3.8) is 0 Å². The van der Waals surface area contributed by atoms with Gasteiger partial charge in [-0.1, -0.05) is 18.2 Å². The van der Waals surface area contributed by atoms with Crippen molar-refractivity contribution in [3.8, 4) is 0 Å². The molecule has 0 unspecified atom stereocenters. The molecule has 0 spiro atoms. The third kappa shape index (κ3) is 4.40. The first-order chi connectivity index (χ1) is 7.59. The van der Waals surface area contributed by atoms with Crippen molar-refractivity contribution >= 4 is 5.91 Å². The Morgan fingerprint density at radius 3 is 2.69 bits per heavy atom. The summed E-state index contributed by atoms with van der Waals surface area (Å²) < 4.78 is 13.2. The molecule has 1 rings (SSSR count). The van der Waals surface area contributed by atoms with E-state index >= 15 is 0 Å². The maximum Gasteiger partial charge on any atom is 0.234 e. The average molecular weight is 224 g/mol. The summed E-state index contributed by atoms with van der Waals surface area (Å²) in [6.45, 7) is 4.36. The molecule has 88 valence electrons. The topological polar surface area (TPSA) is 41.1 Å². The van der Waals surface area contributed by atoms with E-state index in [1.165, 1.54) is 6.07 Å². The molecule has 0 heterocycles. The second-order valence-electron chi connectivity index (χ2n) is 3.92. The van der Waals surface area contributed by atoms with Gasteiger partial charge in [0.2, 0.25) is 5.91 Å². The molecule has 0 radical (unpaired) electrons. The summed E-state index contributed by atoms with van der Waals surface area (Å²) in [5.41, 5.74) is 0.569. The van der Waals surface area contributed by atoms with E-state index in [-0.39, 0.29) is 24.3 Å². The number of halogens is 1. The monoisotopic (exact) mass is 224 g/mol. The van der Waals surface area contributed by atoms with Gasteiger partial charge in [0.15, 0.2) is 0 Å². The summed E-state index contributed by atoms with van der Waals surface area (Å²) in [5.74, 6) is -0.328. The van der Waals surface area contributed by atoms with E-state index in [1.54, 1.807) is 18.2 Å². The molecule has 1 amide bonds. The lowest BCUT2D eigenvalue weighted by molar-refractivity contribution is -0.120. The number of carbonyl (C=O) groups is 1. The highest BCUT2D eigenvalue weighted by atomic mass is 19.1. The van der Waals surface area contributed by atoms with Crippen LogP contribution in [-0.2, 0) is 11.3 Å². The number of amides is 1. The fourth-order valence-electron chi connectivity index (χ4n) is 1.33. The van der Waals surface area contributed by atoms with Crippen molar-refractivity contribution in [2.45, 2.75) is 26.4 Å². The van der Waals surface area contributed by atoms with E-state index in [2.05, 4.69) is 10.6 Å². The fourth-order valence-corrected chi connectivity index (χ4v) is 1.33. The van der Waals surface area contributed by atoms with Crippen LogP contribution in [0, 0.1) is 5.82 Å². The molecule has 0 saturated carbocycles. The van der Waals surface area contributed by atoms with E-state index in [0.717, 1.165) is 0 Å². The SMILES string of the molecule is CC(C)NC(=O)CNCc1ccccc1F. The van der Waals surface area contributed by atoms with Crippen LogP contribution in [0.2, 0.25) is 0 Å². The summed E-state index contributed by atoms with van der Waals surface area (Å²) in [6, 6.07) is 6.65. The van der Waals surface area contributed by atoms with Gasteiger partial charge >= 0.3 is 0 Å². The van der Waals surface area contributed by atoms with Crippen molar-refractivity contribution in [3.05, 3.63) is 35.6 Å². The van der Waals surface area contributed by atoms with Gasteiger partial charge in [-0.05, 0) is 19.9 Å². The molecule has 1 aromatic rings. The zero-order valence-electron chi connectivity index (χ0n) is 9.59. The first-order valence-electron chi connectivity index (χ1n) is 5.33. The first kappa shape index (κ1) is 12.6. The maximum atomic E-state index is 13.2. The van der Waals surface area contributed by atoms with Crippen molar-refractivity contribution in [1.82, 2.24) is 10.6 Å². The largest absolute Gasteiger partial charge is 0.353 e. The van der Waals surface area contributed by atoms with E-state index in [9.17, 15) is 9.18 Å². The van der Waals surface area contributed by atoms with Gasteiger partial charge in [0.1, 0.15) is 5.82 Å². The molecule has 0 aliphatic rings. The van der Waals surface area contributed by atoms with E-state index in [1.807, 2.05) is 13.8 Å². The van der Waals surface area contributed by atoms with Gasteiger partial charge in [-0.2, -0.15) is 0 Å². The highest BCUT2D eigenvalue weighted by Crippen LogP contribution is 2.04. The van der Waals surface area contributed by atoms with Gasteiger partial charge in [-0.25, -0.2) is 4.39 Å². The number of hydrogen-bond acceptors (Lipinski definition) is 2. The second kappa shape index (κ2) is 6.23. The Labute approximate surface area is 95.0 Å². The predicted molar refractivity (Wildman–Crippen MR) is 61.4 cm³/mol. The number of carbonyl (C=O) groups excluding carboxylic acids is 1. The molecular weight excluding hydrogens is 207 g/mol. The molecule has 0 aliphatic heterocycles.